The van der Waals surface area contributed by atoms with E-state index in [1.165, 1.54) is 0 Å². The summed E-state index contributed by atoms with van der Waals surface area (Å²) in [7, 11) is 0. The molecule has 0 rings (SSSR count). The molecule has 0 aromatic heterocycles. The first kappa shape index (κ1) is 12.2. The van der Waals surface area contributed by atoms with E-state index in [1.807, 2.05) is 19.9 Å². The van der Waals surface area contributed by atoms with Crippen LogP contribution in [0, 0.1) is 0 Å². The van der Waals surface area contributed by atoms with Crippen molar-refractivity contribution in [3.8, 4) is 0 Å². The lowest BCUT2D eigenvalue weighted by Gasteiger charge is -2.13. The molecule has 0 aliphatic carbocycles. The first-order chi connectivity index (χ1) is 6.07. The molecule has 1 atom stereocenters. The maximum atomic E-state index is 10.7. The Morgan fingerprint density at radius 3 is 2.54 bits per heavy atom. The zero-order chi connectivity index (χ0) is 10.3. The highest BCUT2D eigenvalue weighted by atomic mass is 16.4. The second-order valence-electron chi connectivity index (χ2n) is 3.35. The van der Waals surface area contributed by atoms with Gasteiger partial charge in [0.2, 0.25) is 0 Å². The summed E-state index contributed by atoms with van der Waals surface area (Å²) in [6, 6.07) is -0.362. The lowest BCUT2D eigenvalue weighted by Crippen LogP contribution is -2.39. The second kappa shape index (κ2) is 6.66. The summed E-state index contributed by atoms with van der Waals surface area (Å²) in [5.41, 5.74) is 0. The fourth-order valence-corrected chi connectivity index (χ4v) is 0.967. The van der Waals surface area contributed by atoms with Gasteiger partial charge in [0.05, 0.1) is 0 Å². The first-order valence-corrected chi connectivity index (χ1v) is 4.73. The van der Waals surface area contributed by atoms with E-state index in [9.17, 15) is 4.79 Å². The van der Waals surface area contributed by atoms with Gasteiger partial charge >= 0.3 is 5.97 Å². The van der Waals surface area contributed by atoms with Crippen LogP contribution in [0.4, 0.5) is 0 Å². The Morgan fingerprint density at radius 1 is 1.54 bits per heavy atom. The molecule has 0 bridgehead atoms. The van der Waals surface area contributed by atoms with Gasteiger partial charge in [-0.15, -0.1) is 0 Å². The number of allylic oxidation sites excluding steroid dienone is 1. The predicted octanol–water partition coefficient (Wildman–Crippen LogP) is 1.79. The molecule has 0 heterocycles. The average molecular weight is 185 g/mol. The minimum atomic E-state index is -0.818. The van der Waals surface area contributed by atoms with Crippen molar-refractivity contribution in [2.75, 3.05) is 0 Å². The van der Waals surface area contributed by atoms with E-state index in [1.54, 1.807) is 6.08 Å². The van der Waals surface area contributed by atoms with Gasteiger partial charge in [0.25, 0.3) is 0 Å². The molecule has 0 amide bonds. The molecule has 1 unspecified atom stereocenters. The van der Waals surface area contributed by atoms with Crippen LogP contribution in [-0.4, -0.2) is 23.2 Å². The third-order valence-corrected chi connectivity index (χ3v) is 1.56. The van der Waals surface area contributed by atoms with Crippen LogP contribution in [0.2, 0.25) is 0 Å². The van der Waals surface area contributed by atoms with Crippen molar-refractivity contribution in [2.24, 2.45) is 0 Å². The number of carboxylic acids is 1. The number of carboxylic acid groups (broad SMARTS) is 1. The van der Waals surface area contributed by atoms with Crippen molar-refractivity contribution in [1.29, 1.82) is 0 Å². The van der Waals surface area contributed by atoms with Gasteiger partial charge in [-0.2, -0.15) is 0 Å². The van der Waals surface area contributed by atoms with Gasteiger partial charge in [-0.05, 0) is 20.3 Å². The van der Waals surface area contributed by atoms with Crippen molar-refractivity contribution < 1.29 is 9.90 Å². The molecule has 2 N–H and O–H groups in total. The Hall–Kier alpha value is -0.830. The molecule has 76 valence electrons. The molecule has 3 nitrogen and oxygen atoms in total. The normalized spacial score (nSPS) is 13.8. The van der Waals surface area contributed by atoms with Gasteiger partial charge in [0.1, 0.15) is 6.04 Å². The molecular weight excluding hydrogens is 166 g/mol. The zero-order valence-corrected chi connectivity index (χ0v) is 8.58. The number of hydrogen-bond donors (Lipinski definition) is 2. The fraction of sp³-hybridized carbons (Fsp3) is 0.700. The highest BCUT2D eigenvalue weighted by Crippen LogP contribution is 1.94. The molecule has 0 aliphatic heterocycles. The highest BCUT2D eigenvalue weighted by Gasteiger charge is 2.13. The van der Waals surface area contributed by atoms with Crippen LogP contribution in [0.15, 0.2) is 12.2 Å². The monoisotopic (exact) mass is 185 g/mol. The van der Waals surface area contributed by atoms with Crippen LogP contribution in [0.1, 0.15) is 33.6 Å². The molecule has 0 aromatic rings. The summed E-state index contributed by atoms with van der Waals surface area (Å²) in [5, 5.41) is 11.8. The van der Waals surface area contributed by atoms with Crippen LogP contribution < -0.4 is 5.32 Å². The van der Waals surface area contributed by atoms with E-state index in [4.69, 9.17) is 5.11 Å². The summed E-state index contributed by atoms with van der Waals surface area (Å²) >= 11 is 0. The van der Waals surface area contributed by atoms with E-state index in [0.717, 1.165) is 12.8 Å². The predicted molar refractivity (Wildman–Crippen MR) is 53.7 cm³/mol. The quantitative estimate of drug-likeness (QED) is 0.620. The molecule has 0 fully saturated rings. The molecule has 0 aromatic carbocycles. The Kier molecular flexibility index (Phi) is 6.24. The number of carbonyl (C=O) groups is 1. The lowest BCUT2D eigenvalue weighted by atomic mass is 10.2. The van der Waals surface area contributed by atoms with Crippen molar-refractivity contribution >= 4 is 5.97 Å². The average Bonchev–Trinajstić information content (AvgIpc) is 2.02. The van der Waals surface area contributed by atoms with Crippen LogP contribution in [0.3, 0.4) is 0 Å². The third-order valence-electron chi connectivity index (χ3n) is 1.56. The molecule has 0 radical (unpaired) electrons. The number of aliphatic carboxylic acids is 1. The van der Waals surface area contributed by atoms with Gasteiger partial charge in [-0.25, -0.2) is 0 Å². The van der Waals surface area contributed by atoms with Crippen molar-refractivity contribution in [3.63, 3.8) is 0 Å². The number of unbranched alkanes of at least 4 members (excludes halogenated alkanes) is 1. The van der Waals surface area contributed by atoms with E-state index >= 15 is 0 Å². The van der Waals surface area contributed by atoms with Crippen LogP contribution in [0.25, 0.3) is 0 Å². The lowest BCUT2D eigenvalue weighted by molar-refractivity contribution is -0.138. The first-order valence-electron chi connectivity index (χ1n) is 4.73. The van der Waals surface area contributed by atoms with E-state index in [0.29, 0.717) is 0 Å². The largest absolute Gasteiger partial charge is 0.480 e. The standard InChI is InChI=1S/C10H19NO2/c1-4-5-6-7-9(10(12)13)11-8(2)3/h6-9,11H,4-5H2,1-3H3,(H,12,13). The fourth-order valence-electron chi connectivity index (χ4n) is 0.967. The Bertz CT molecular complexity index is 176. The second-order valence-corrected chi connectivity index (χ2v) is 3.35. The van der Waals surface area contributed by atoms with Crippen molar-refractivity contribution in [3.05, 3.63) is 12.2 Å². The van der Waals surface area contributed by atoms with Gasteiger partial charge in [-0.3, -0.25) is 10.1 Å². The highest BCUT2D eigenvalue weighted by molar-refractivity contribution is 5.75. The molecule has 0 spiro atoms. The third kappa shape index (κ3) is 6.34. The van der Waals surface area contributed by atoms with Gasteiger partial charge in [-0.1, -0.05) is 25.5 Å². The smallest absolute Gasteiger partial charge is 0.324 e. The summed E-state index contributed by atoms with van der Waals surface area (Å²) in [6.45, 7) is 5.93. The Labute approximate surface area is 79.8 Å². The Morgan fingerprint density at radius 2 is 2.15 bits per heavy atom. The number of hydrogen-bond acceptors (Lipinski definition) is 2. The van der Waals surface area contributed by atoms with Gasteiger partial charge < -0.3 is 5.11 Å². The van der Waals surface area contributed by atoms with Gasteiger partial charge in [0.15, 0.2) is 0 Å². The molecule has 0 saturated heterocycles. The van der Waals surface area contributed by atoms with E-state index < -0.39 is 12.0 Å². The van der Waals surface area contributed by atoms with E-state index in [2.05, 4.69) is 12.2 Å². The minimum absolute atomic E-state index is 0.187. The number of rotatable bonds is 6. The zero-order valence-electron chi connectivity index (χ0n) is 8.58. The summed E-state index contributed by atoms with van der Waals surface area (Å²) < 4.78 is 0. The molecule has 0 aliphatic rings. The van der Waals surface area contributed by atoms with Crippen molar-refractivity contribution in [1.82, 2.24) is 5.32 Å². The topological polar surface area (TPSA) is 49.3 Å². The SMILES string of the molecule is CCCC=CC(NC(C)C)C(=O)O. The molecule has 0 saturated carbocycles. The van der Waals surface area contributed by atoms with Crippen LogP contribution in [0.5, 0.6) is 0 Å². The van der Waals surface area contributed by atoms with Gasteiger partial charge in [0, 0.05) is 6.04 Å². The minimum Gasteiger partial charge on any atom is -0.480 e. The summed E-state index contributed by atoms with van der Waals surface area (Å²) in [6.07, 6.45) is 5.61. The molecular formula is C10H19NO2. The molecule has 13 heavy (non-hydrogen) atoms. The summed E-state index contributed by atoms with van der Waals surface area (Å²) in [4.78, 5) is 10.7. The van der Waals surface area contributed by atoms with Crippen LogP contribution >= 0.6 is 0 Å². The number of nitrogens with one attached hydrogen (secondary N) is 1. The van der Waals surface area contributed by atoms with Crippen LogP contribution in [-0.2, 0) is 4.79 Å². The Balaban J connectivity index is 4.02. The maximum Gasteiger partial charge on any atom is 0.324 e. The molecule has 3 heteroatoms. The maximum absolute atomic E-state index is 10.7. The summed E-state index contributed by atoms with van der Waals surface area (Å²) in [5.74, 6) is -0.818. The van der Waals surface area contributed by atoms with E-state index in [-0.39, 0.29) is 6.04 Å². The van der Waals surface area contributed by atoms with Crippen molar-refractivity contribution in [2.45, 2.75) is 45.7 Å².